The molecule has 0 amide bonds. The van der Waals surface area contributed by atoms with E-state index in [4.69, 9.17) is 9.15 Å². The molecular formula is C35H46BrNO2. The first kappa shape index (κ1) is 31.0. The van der Waals surface area contributed by atoms with Gasteiger partial charge < -0.3 is 9.15 Å². The normalized spacial score (nSPS) is 11.1. The van der Waals surface area contributed by atoms with E-state index in [2.05, 4.69) is 67.0 Å². The van der Waals surface area contributed by atoms with Gasteiger partial charge >= 0.3 is 0 Å². The molecule has 0 aliphatic carbocycles. The molecule has 4 heteroatoms. The molecule has 0 unspecified atom stereocenters. The molecular weight excluding hydrogens is 546 g/mol. The SMILES string of the molecule is CCCCCCCCOc1ccc(CCCCCCCC)cc1Cc1oc(Br)c(-c2ccccc2C)c1C#N. The zero-order valence-electron chi connectivity index (χ0n) is 24.3. The quantitative estimate of drug-likeness (QED) is 0.138. The lowest BCUT2D eigenvalue weighted by atomic mass is 9.96. The molecule has 0 radical (unpaired) electrons. The molecule has 0 saturated heterocycles. The predicted molar refractivity (Wildman–Crippen MR) is 166 cm³/mol. The van der Waals surface area contributed by atoms with E-state index in [0.29, 0.717) is 22.4 Å². The molecule has 39 heavy (non-hydrogen) atoms. The molecule has 1 aromatic heterocycles. The molecule has 0 atom stereocenters. The number of aryl methyl sites for hydroxylation is 2. The van der Waals surface area contributed by atoms with Gasteiger partial charge in [0.1, 0.15) is 23.1 Å². The Morgan fingerprint density at radius 1 is 0.846 bits per heavy atom. The van der Waals surface area contributed by atoms with Gasteiger partial charge in [-0.05, 0) is 64.9 Å². The lowest BCUT2D eigenvalue weighted by molar-refractivity contribution is 0.301. The summed E-state index contributed by atoms with van der Waals surface area (Å²) >= 11 is 3.61. The summed E-state index contributed by atoms with van der Waals surface area (Å²) in [6.07, 6.45) is 16.8. The Kier molecular flexibility index (Phi) is 13.7. The Balaban J connectivity index is 1.78. The molecule has 0 aliphatic rings. The average molecular weight is 593 g/mol. The van der Waals surface area contributed by atoms with Crippen LogP contribution in [0.2, 0.25) is 0 Å². The minimum atomic E-state index is 0.531. The number of furan rings is 1. The summed E-state index contributed by atoms with van der Waals surface area (Å²) in [5.41, 5.74) is 6.00. The van der Waals surface area contributed by atoms with E-state index in [0.717, 1.165) is 47.5 Å². The Morgan fingerprint density at radius 3 is 2.21 bits per heavy atom. The van der Waals surface area contributed by atoms with Crippen molar-refractivity contribution in [3.8, 4) is 22.9 Å². The van der Waals surface area contributed by atoms with Crippen LogP contribution in [-0.4, -0.2) is 6.61 Å². The Hall–Kier alpha value is -2.51. The molecule has 2 aromatic carbocycles. The van der Waals surface area contributed by atoms with E-state index in [1.54, 1.807) is 0 Å². The molecule has 0 spiro atoms. The zero-order valence-corrected chi connectivity index (χ0v) is 25.9. The third-order valence-electron chi connectivity index (χ3n) is 7.51. The summed E-state index contributed by atoms with van der Waals surface area (Å²) in [4.78, 5) is 0. The van der Waals surface area contributed by atoms with Gasteiger partial charge in [-0.3, -0.25) is 0 Å². The number of hydrogen-bond donors (Lipinski definition) is 0. The maximum atomic E-state index is 10.2. The van der Waals surface area contributed by atoms with Crippen LogP contribution in [0.1, 0.15) is 119 Å². The molecule has 3 rings (SSSR count). The molecule has 0 aliphatic heterocycles. The van der Waals surface area contributed by atoms with Crippen molar-refractivity contribution in [3.63, 3.8) is 0 Å². The highest BCUT2D eigenvalue weighted by molar-refractivity contribution is 9.10. The Bertz CT molecular complexity index is 1190. The minimum Gasteiger partial charge on any atom is -0.493 e. The van der Waals surface area contributed by atoms with Crippen LogP contribution in [0.3, 0.4) is 0 Å². The number of nitriles is 1. The zero-order chi connectivity index (χ0) is 27.9. The van der Waals surface area contributed by atoms with Gasteiger partial charge in [-0.15, -0.1) is 0 Å². The Labute approximate surface area is 245 Å². The topological polar surface area (TPSA) is 46.2 Å². The number of halogens is 1. The first-order valence-corrected chi connectivity index (χ1v) is 15.9. The fourth-order valence-electron chi connectivity index (χ4n) is 5.20. The number of nitrogens with zero attached hydrogens (tertiary/aromatic N) is 1. The molecule has 1 heterocycles. The maximum absolute atomic E-state index is 10.2. The van der Waals surface area contributed by atoms with Crippen LogP contribution in [0, 0.1) is 18.3 Å². The van der Waals surface area contributed by atoms with Crippen LogP contribution >= 0.6 is 15.9 Å². The van der Waals surface area contributed by atoms with Crippen molar-refractivity contribution in [3.05, 3.63) is 75.1 Å². The molecule has 0 fully saturated rings. The standard InChI is InChI=1S/C35H46BrNO2/c1-4-6-8-10-12-14-19-28-21-22-32(38-23-17-13-11-9-7-5-2)29(24-28)25-33-31(26-37)34(35(36)39-33)30-20-16-15-18-27(30)3/h15-16,18,20-22,24H,4-14,17,19,23,25H2,1-3H3. The summed E-state index contributed by atoms with van der Waals surface area (Å²) < 4.78 is 13.1. The van der Waals surface area contributed by atoms with Gasteiger partial charge in [-0.2, -0.15) is 5.26 Å². The summed E-state index contributed by atoms with van der Waals surface area (Å²) in [7, 11) is 0. The van der Waals surface area contributed by atoms with Gasteiger partial charge in [-0.1, -0.05) is 114 Å². The number of rotatable bonds is 18. The number of unbranched alkanes of at least 4 members (excludes halogenated alkanes) is 10. The smallest absolute Gasteiger partial charge is 0.178 e. The van der Waals surface area contributed by atoms with E-state index >= 15 is 0 Å². The molecule has 0 saturated carbocycles. The molecule has 0 bridgehead atoms. The minimum absolute atomic E-state index is 0.531. The van der Waals surface area contributed by atoms with Gasteiger partial charge in [-0.25, -0.2) is 0 Å². The summed E-state index contributed by atoms with van der Waals surface area (Å²) in [6.45, 7) is 7.30. The summed E-state index contributed by atoms with van der Waals surface area (Å²) in [5, 5.41) is 10.2. The van der Waals surface area contributed by atoms with Crippen molar-refractivity contribution in [1.29, 1.82) is 5.26 Å². The van der Waals surface area contributed by atoms with E-state index in [-0.39, 0.29) is 0 Å². The van der Waals surface area contributed by atoms with Crippen molar-refractivity contribution >= 4 is 15.9 Å². The van der Waals surface area contributed by atoms with E-state index < -0.39 is 0 Å². The number of benzene rings is 2. The molecule has 3 nitrogen and oxygen atoms in total. The highest BCUT2D eigenvalue weighted by Gasteiger charge is 2.22. The van der Waals surface area contributed by atoms with Gasteiger partial charge in [0.2, 0.25) is 0 Å². The van der Waals surface area contributed by atoms with Gasteiger partial charge in [0.15, 0.2) is 4.67 Å². The van der Waals surface area contributed by atoms with E-state index in [1.807, 2.05) is 18.2 Å². The average Bonchev–Trinajstić information content (AvgIpc) is 3.25. The van der Waals surface area contributed by atoms with Crippen molar-refractivity contribution in [2.75, 3.05) is 6.61 Å². The first-order chi connectivity index (χ1) is 19.1. The summed E-state index contributed by atoms with van der Waals surface area (Å²) in [5.74, 6) is 1.59. The van der Waals surface area contributed by atoms with Crippen LogP contribution in [0.4, 0.5) is 0 Å². The van der Waals surface area contributed by atoms with Crippen LogP contribution in [0.5, 0.6) is 5.75 Å². The highest BCUT2D eigenvalue weighted by Crippen LogP contribution is 2.39. The van der Waals surface area contributed by atoms with Crippen molar-refractivity contribution in [1.82, 2.24) is 0 Å². The van der Waals surface area contributed by atoms with Crippen LogP contribution in [-0.2, 0) is 12.8 Å². The van der Waals surface area contributed by atoms with Crippen LogP contribution < -0.4 is 4.74 Å². The van der Waals surface area contributed by atoms with E-state index in [9.17, 15) is 5.26 Å². The second kappa shape index (κ2) is 17.2. The Morgan fingerprint density at radius 2 is 1.51 bits per heavy atom. The van der Waals surface area contributed by atoms with Gasteiger partial charge in [0, 0.05) is 12.0 Å². The lowest BCUT2D eigenvalue weighted by Gasteiger charge is -2.13. The molecule has 210 valence electrons. The highest BCUT2D eigenvalue weighted by atomic mass is 79.9. The van der Waals surface area contributed by atoms with Crippen LogP contribution in [0.25, 0.3) is 11.1 Å². The third kappa shape index (κ3) is 9.57. The fourth-order valence-corrected chi connectivity index (χ4v) is 5.81. The second-order valence-corrected chi connectivity index (χ2v) is 11.4. The fraction of sp³-hybridized carbons (Fsp3) is 0.514. The summed E-state index contributed by atoms with van der Waals surface area (Å²) in [6, 6.07) is 17.2. The van der Waals surface area contributed by atoms with Gasteiger partial charge in [0.25, 0.3) is 0 Å². The van der Waals surface area contributed by atoms with E-state index in [1.165, 1.54) is 76.2 Å². The monoisotopic (exact) mass is 591 g/mol. The van der Waals surface area contributed by atoms with Crippen molar-refractivity contribution < 1.29 is 9.15 Å². The van der Waals surface area contributed by atoms with Gasteiger partial charge in [0.05, 0.1) is 12.2 Å². The number of ether oxygens (including phenoxy) is 1. The largest absolute Gasteiger partial charge is 0.493 e. The predicted octanol–water partition coefficient (Wildman–Crippen LogP) is 11.1. The second-order valence-electron chi connectivity index (χ2n) is 10.7. The number of hydrogen-bond acceptors (Lipinski definition) is 3. The third-order valence-corrected chi connectivity index (χ3v) is 8.07. The van der Waals surface area contributed by atoms with Crippen molar-refractivity contribution in [2.24, 2.45) is 0 Å². The maximum Gasteiger partial charge on any atom is 0.178 e. The lowest BCUT2D eigenvalue weighted by Crippen LogP contribution is -2.02. The molecule has 0 N–H and O–H groups in total. The molecule has 3 aromatic rings. The first-order valence-electron chi connectivity index (χ1n) is 15.1. The van der Waals surface area contributed by atoms with Crippen molar-refractivity contribution in [2.45, 2.75) is 111 Å². The van der Waals surface area contributed by atoms with Crippen LogP contribution in [0.15, 0.2) is 51.6 Å².